The number of ketones is 1. The Labute approximate surface area is 166 Å². The van der Waals surface area contributed by atoms with Crippen molar-refractivity contribution in [2.75, 3.05) is 38.2 Å². The molecule has 1 N–H and O–H groups in total. The van der Waals surface area contributed by atoms with Crippen LogP contribution in [-0.4, -0.2) is 39.1 Å². The number of anilines is 1. The van der Waals surface area contributed by atoms with Crippen LogP contribution in [0.25, 0.3) is 10.8 Å². The minimum atomic E-state index is 0.118. The van der Waals surface area contributed by atoms with Crippen molar-refractivity contribution >= 4 is 22.2 Å². The fourth-order valence-corrected chi connectivity index (χ4v) is 4.10. The Morgan fingerprint density at radius 1 is 0.964 bits per heavy atom. The van der Waals surface area contributed by atoms with Crippen LogP contribution in [0.1, 0.15) is 22.8 Å². The van der Waals surface area contributed by atoms with Gasteiger partial charge in [-0.1, -0.05) is 24.3 Å². The van der Waals surface area contributed by atoms with E-state index in [2.05, 4.69) is 53.4 Å². The quantitative estimate of drug-likeness (QED) is 0.696. The van der Waals surface area contributed by atoms with E-state index < -0.39 is 0 Å². The molecule has 1 heterocycles. The highest BCUT2D eigenvalue weighted by Crippen LogP contribution is 2.28. The van der Waals surface area contributed by atoms with Gasteiger partial charge < -0.3 is 14.5 Å². The van der Waals surface area contributed by atoms with Crippen LogP contribution in [0, 0.1) is 0 Å². The molecule has 0 saturated carbocycles. The Kier molecular flexibility index (Phi) is 5.31. The van der Waals surface area contributed by atoms with Crippen molar-refractivity contribution in [1.82, 2.24) is 0 Å². The molecule has 0 bridgehead atoms. The van der Waals surface area contributed by atoms with E-state index in [-0.39, 0.29) is 5.78 Å². The Bertz CT molecular complexity index is 974. The first kappa shape index (κ1) is 18.5. The molecular formula is C24H27N2O2+. The second kappa shape index (κ2) is 8.03. The zero-order valence-corrected chi connectivity index (χ0v) is 16.6. The largest absolute Gasteiger partial charge is 0.496 e. The number of carbonyl (C=O) groups excluding carboxylic acids is 1. The maximum Gasteiger partial charge on any atom is 0.159 e. The number of nitrogens with zero attached hydrogens (tertiary/aromatic N) is 1. The van der Waals surface area contributed by atoms with Crippen molar-refractivity contribution in [2.45, 2.75) is 13.5 Å². The number of rotatable bonds is 5. The maximum absolute atomic E-state index is 11.5. The first-order valence-electron chi connectivity index (χ1n) is 9.90. The highest BCUT2D eigenvalue weighted by molar-refractivity contribution is 5.94. The van der Waals surface area contributed by atoms with Gasteiger partial charge in [-0.05, 0) is 48.7 Å². The van der Waals surface area contributed by atoms with E-state index >= 15 is 0 Å². The second-order valence-electron chi connectivity index (χ2n) is 7.49. The van der Waals surface area contributed by atoms with E-state index in [1.54, 1.807) is 18.9 Å². The van der Waals surface area contributed by atoms with Crippen LogP contribution >= 0.6 is 0 Å². The van der Waals surface area contributed by atoms with E-state index in [0.29, 0.717) is 0 Å². The molecular weight excluding hydrogens is 348 g/mol. The number of quaternary nitrogens is 1. The van der Waals surface area contributed by atoms with Gasteiger partial charge in [-0.25, -0.2) is 0 Å². The van der Waals surface area contributed by atoms with E-state index in [4.69, 9.17) is 4.74 Å². The van der Waals surface area contributed by atoms with Gasteiger partial charge in [0.05, 0.1) is 33.3 Å². The number of fused-ring (bicyclic) bond motifs is 1. The van der Waals surface area contributed by atoms with Crippen LogP contribution in [-0.2, 0) is 6.54 Å². The molecule has 28 heavy (non-hydrogen) atoms. The van der Waals surface area contributed by atoms with Crippen LogP contribution in [0.2, 0.25) is 0 Å². The Hall–Kier alpha value is -2.85. The summed E-state index contributed by atoms with van der Waals surface area (Å²) >= 11 is 0. The zero-order valence-electron chi connectivity index (χ0n) is 16.6. The summed E-state index contributed by atoms with van der Waals surface area (Å²) in [5.74, 6) is 1.06. The lowest BCUT2D eigenvalue weighted by atomic mass is 10.0. The molecule has 3 aromatic rings. The van der Waals surface area contributed by atoms with Crippen molar-refractivity contribution in [3.05, 3.63) is 71.8 Å². The van der Waals surface area contributed by atoms with Gasteiger partial charge in [-0.2, -0.15) is 0 Å². The first-order valence-corrected chi connectivity index (χ1v) is 9.90. The number of benzene rings is 3. The van der Waals surface area contributed by atoms with Crippen molar-refractivity contribution in [3.63, 3.8) is 0 Å². The van der Waals surface area contributed by atoms with E-state index in [9.17, 15) is 4.79 Å². The predicted octanol–water partition coefficient (Wildman–Crippen LogP) is 2.96. The monoisotopic (exact) mass is 375 g/mol. The van der Waals surface area contributed by atoms with Crippen LogP contribution < -0.4 is 14.5 Å². The normalized spacial score (nSPS) is 15.0. The van der Waals surface area contributed by atoms with Gasteiger partial charge in [0.15, 0.2) is 5.78 Å². The standard InChI is InChI=1S/C24H26N2O2/c1-18(27)19-7-10-21(11-8-19)26-15-13-25(14-16-26)17-20-9-12-24(28-2)23-6-4-3-5-22(20)23/h3-12H,13-17H2,1-2H3/p+1. The predicted molar refractivity (Wildman–Crippen MR) is 114 cm³/mol. The third kappa shape index (κ3) is 3.73. The van der Waals surface area contributed by atoms with Crippen molar-refractivity contribution in [3.8, 4) is 5.75 Å². The van der Waals surface area contributed by atoms with Crippen LogP contribution in [0.5, 0.6) is 5.75 Å². The average Bonchev–Trinajstić information content (AvgIpc) is 2.74. The van der Waals surface area contributed by atoms with Crippen molar-refractivity contribution < 1.29 is 14.4 Å². The first-order chi connectivity index (χ1) is 13.7. The Balaban J connectivity index is 1.44. The van der Waals surface area contributed by atoms with Gasteiger partial charge in [0.2, 0.25) is 0 Å². The van der Waals surface area contributed by atoms with Gasteiger partial charge in [0.1, 0.15) is 12.3 Å². The number of methoxy groups -OCH3 is 1. The molecule has 4 nitrogen and oxygen atoms in total. The Morgan fingerprint density at radius 3 is 2.29 bits per heavy atom. The number of Topliss-reactive ketones (excluding diaryl/α,β-unsaturated/α-hetero) is 1. The van der Waals surface area contributed by atoms with Crippen LogP contribution in [0.3, 0.4) is 0 Å². The van der Waals surface area contributed by atoms with Gasteiger partial charge in [-0.3, -0.25) is 4.79 Å². The lowest BCUT2D eigenvalue weighted by molar-refractivity contribution is -0.914. The molecule has 0 amide bonds. The van der Waals surface area contributed by atoms with Gasteiger partial charge in [-0.15, -0.1) is 0 Å². The van der Waals surface area contributed by atoms with E-state index in [1.807, 2.05) is 12.1 Å². The fraction of sp³-hybridized carbons (Fsp3) is 0.292. The molecule has 3 aromatic carbocycles. The molecule has 144 valence electrons. The molecule has 1 aliphatic heterocycles. The van der Waals surface area contributed by atoms with Gasteiger partial charge >= 0.3 is 0 Å². The highest BCUT2D eigenvalue weighted by Gasteiger charge is 2.21. The van der Waals surface area contributed by atoms with Crippen molar-refractivity contribution in [2.24, 2.45) is 0 Å². The minimum Gasteiger partial charge on any atom is -0.496 e. The lowest BCUT2D eigenvalue weighted by Gasteiger charge is -2.34. The number of piperazine rings is 1. The summed E-state index contributed by atoms with van der Waals surface area (Å²) in [7, 11) is 1.73. The average molecular weight is 375 g/mol. The third-order valence-corrected chi connectivity index (χ3v) is 5.74. The van der Waals surface area contributed by atoms with Crippen LogP contribution in [0.15, 0.2) is 60.7 Å². The summed E-state index contributed by atoms with van der Waals surface area (Å²) in [6.45, 7) is 6.91. The highest BCUT2D eigenvalue weighted by atomic mass is 16.5. The Morgan fingerprint density at radius 2 is 1.64 bits per heavy atom. The zero-order chi connectivity index (χ0) is 19.5. The van der Waals surface area contributed by atoms with Gasteiger partial charge in [0.25, 0.3) is 0 Å². The number of hydrogen-bond acceptors (Lipinski definition) is 3. The number of hydrogen-bond donors (Lipinski definition) is 1. The molecule has 4 heteroatoms. The maximum atomic E-state index is 11.5. The topological polar surface area (TPSA) is 34.0 Å². The van der Waals surface area contributed by atoms with E-state index in [0.717, 1.165) is 44.0 Å². The second-order valence-corrected chi connectivity index (χ2v) is 7.49. The van der Waals surface area contributed by atoms with Gasteiger partial charge in [0, 0.05) is 22.2 Å². The molecule has 1 saturated heterocycles. The van der Waals surface area contributed by atoms with E-state index in [1.165, 1.54) is 22.0 Å². The number of carbonyl (C=O) groups is 1. The SMILES string of the molecule is COc1ccc(C[NH+]2CCN(c3ccc(C(C)=O)cc3)CC2)c2ccccc12. The summed E-state index contributed by atoms with van der Waals surface area (Å²) in [6, 6.07) is 20.8. The molecule has 4 rings (SSSR count). The minimum absolute atomic E-state index is 0.118. The van der Waals surface area contributed by atoms with Crippen LogP contribution in [0.4, 0.5) is 5.69 Å². The fourth-order valence-electron chi connectivity index (χ4n) is 4.10. The molecule has 1 fully saturated rings. The smallest absolute Gasteiger partial charge is 0.159 e. The summed E-state index contributed by atoms with van der Waals surface area (Å²) in [5, 5.41) is 2.47. The van der Waals surface area contributed by atoms with Crippen molar-refractivity contribution in [1.29, 1.82) is 0 Å². The molecule has 1 aliphatic rings. The molecule has 0 radical (unpaired) electrons. The number of ether oxygens (including phenoxy) is 1. The summed E-state index contributed by atoms with van der Waals surface area (Å²) in [6.07, 6.45) is 0. The molecule has 0 aliphatic carbocycles. The summed E-state index contributed by atoms with van der Waals surface area (Å²) in [4.78, 5) is 15.5. The summed E-state index contributed by atoms with van der Waals surface area (Å²) in [5.41, 5.74) is 3.36. The molecule has 0 spiro atoms. The molecule has 0 aromatic heterocycles. The summed E-state index contributed by atoms with van der Waals surface area (Å²) < 4.78 is 5.52. The molecule has 0 unspecified atom stereocenters. The third-order valence-electron chi connectivity index (χ3n) is 5.74. The molecule has 0 atom stereocenters. The number of nitrogens with one attached hydrogen (secondary N) is 1. The lowest BCUT2D eigenvalue weighted by Crippen LogP contribution is -3.13.